The van der Waals surface area contributed by atoms with Gasteiger partial charge in [0.05, 0.1) is 24.6 Å². The average molecular weight is 636 g/mol. The number of hydrogen-bond acceptors (Lipinski definition) is 10. The number of carbonyl (C=O) groups excluding carboxylic acids is 4. The van der Waals surface area contributed by atoms with Crippen molar-refractivity contribution in [3.05, 3.63) is 58.7 Å². The number of nitrogens with zero attached hydrogens (tertiary/aromatic N) is 2. The van der Waals surface area contributed by atoms with Gasteiger partial charge in [0.1, 0.15) is 29.8 Å². The number of aromatic hydroxyl groups is 1. The van der Waals surface area contributed by atoms with Crippen molar-refractivity contribution < 1.29 is 38.9 Å². The van der Waals surface area contributed by atoms with Crippen LogP contribution in [-0.4, -0.2) is 96.5 Å². The lowest BCUT2D eigenvalue weighted by Gasteiger charge is -2.55. The molecule has 4 N–H and O–H groups in total. The third kappa shape index (κ3) is 5.53. The van der Waals surface area contributed by atoms with Gasteiger partial charge < -0.3 is 30.3 Å². The van der Waals surface area contributed by atoms with E-state index in [0.29, 0.717) is 30.0 Å². The number of benzene rings is 2. The number of carbonyl (C=O) groups is 4. The molecule has 248 valence electrons. The van der Waals surface area contributed by atoms with Crippen LogP contribution in [0.15, 0.2) is 36.4 Å². The molecule has 46 heavy (non-hydrogen) atoms. The Morgan fingerprint density at radius 1 is 1.13 bits per heavy atom. The Labute approximate surface area is 269 Å². The van der Waals surface area contributed by atoms with Crippen LogP contribution in [0.25, 0.3) is 0 Å². The molecule has 2 fully saturated rings. The Balaban J connectivity index is 1.52. The van der Waals surface area contributed by atoms with E-state index >= 15 is 0 Å². The minimum Gasteiger partial charge on any atom is -0.507 e. The van der Waals surface area contributed by atoms with Crippen LogP contribution >= 0.6 is 0 Å². The summed E-state index contributed by atoms with van der Waals surface area (Å²) in [5.41, 5.74) is 6.12. The van der Waals surface area contributed by atoms with Crippen LogP contribution in [0.1, 0.15) is 53.7 Å². The molecule has 5 rings (SSSR count). The Bertz CT molecular complexity index is 1540. The predicted octanol–water partition coefficient (Wildman–Crippen LogP) is 2.08. The fourth-order valence-corrected chi connectivity index (χ4v) is 8.52. The number of likely N-dealkylation sites (N-methyl/N-ethyl adjacent to an activating group) is 2. The molecule has 6 unspecified atom stereocenters. The standard InChI is InChI=1S/C35H45N3O8/c1-34(2,21-10-8-7-9-11-21)17-38(5)16-20-14-25(40)27-22(31(20)45-6)12-19-13-24-28(37(3)4)29(41)23(33(36)44)15-35(24,46-18-39)32(43)26(19)30(27)42/h7-11,14,19,23-24,26,28,39-40H,12-13,15-18H2,1-6H3,(H2,36,44). The molecule has 2 aromatic carbocycles. The lowest BCUT2D eigenvalue weighted by molar-refractivity contribution is -0.205. The maximum atomic E-state index is 14.4. The van der Waals surface area contributed by atoms with E-state index in [1.165, 1.54) is 18.7 Å². The first-order valence-corrected chi connectivity index (χ1v) is 15.7. The van der Waals surface area contributed by atoms with E-state index in [2.05, 4.69) is 30.9 Å². The van der Waals surface area contributed by atoms with Crippen LogP contribution in [-0.2, 0) is 37.5 Å². The van der Waals surface area contributed by atoms with Crippen LogP contribution in [0.3, 0.4) is 0 Å². The first kappa shape index (κ1) is 33.7. The molecule has 0 heterocycles. The van der Waals surface area contributed by atoms with Gasteiger partial charge in [-0.2, -0.15) is 0 Å². The van der Waals surface area contributed by atoms with Crippen LogP contribution in [0.4, 0.5) is 0 Å². The van der Waals surface area contributed by atoms with Gasteiger partial charge in [0, 0.05) is 42.0 Å². The number of aliphatic hydroxyl groups is 1. The molecule has 11 heteroatoms. The maximum absolute atomic E-state index is 14.4. The van der Waals surface area contributed by atoms with Crippen molar-refractivity contribution in [3.8, 4) is 11.5 Å². The van der Waals surface area contributed by atoms with Gasteiger partial charge in [-0.05, 0) is 51.5 Å². The number of primary amides is 1. The van der Waals surface area contributed by atoms with Crippen molar-refractivity contribution in [1.29, 1.82) is 0 Å². The largest absolute Gasteiger partial charge is 0.507 e. The number of hydrogen-bond donors (Lipinski definition) is 3. The van der Waals surface area contributed by atoms with Crippen LogP contribution in [0, 0.1) is 23.7 Å². The number of Topliss-reactive ketones (excluding diaryl/α,β-unsaturated/α-hetero) is 3. The number of amides is 1. The molecule has 1 amide bonds. The van der Waals surface area contributed by atoms with Crippen LogP contribution in [0.2, 0.25) is 0 Å². The smallest absolute Gasteiger partial charge is 0.228 e. The molecule has 3 aliphatic carbocycles. The minimum atomic E-state index is -1.78. The zero-order valence-electron chi connectivity index (χ0n) is 27.4. The Hall–Kier alpha value is -3.64. The second kappa shape index (κ2) is 12.5. The Morgan fingerprint density at radius 2 is 1.80 bits per heavy atom. The highest BCUT2D eigenvalue weighted by atomic mass is 16.6. The van der Waals surface area contributed by atoms with Gasteiger partial charge in [-0.25, -0.2) is 0 Å². The number of phenols is 1. The van der Waals surface area contributed by atoms with Gasteiger partial charge >= 0.3 is 0 Å². The topological polar surface area (TPSA) is 160 Å². The summed E-state index contributed by atoms with van der Waals surface area (Å²) in [5, 5.41) is 21.2. The summed E-state index contributed by atoms with van der Waals surface area (Å²) in [6.45, 7) is 4.63. The molecule has 3 aliphatic rings. The summed E-state index contributed by atoms with van der Waals surface area (Å²) in [4.78, 5) is 58.3. The van der Waals surface area contributed by atoms with E-state index in [-0.39, 0.29) is 36.0 Å². The predicted molar refractivity (Wildman–Crippen MR) is 169 cm³/mol. The highest BCUT2D eigenvalue weighted by Gasteiger charge is 2.66. The van der Waals surface area contributed by atoms with E-state index in [0.717, 1.165) is 0 Å². The van der Waals surface area contributed by atoms with Crippen molar-refractivity contribution in [2.24, 2.45) is 29.4 Å². The SMILES string of the molecule is COc1c(CN(C)CC(C)(C)c2ccccc2)cc(O)c2c1CC1CC3C(N(C)C)C(=O)C(C(N)=O)CC3(OCO)C(=O)C1C2=O. The first-order valence-electron chi connectivity index (χ1n) is 15.7. The van der Waals surface area contributed by atoms with Crippen molar-refractivity contribution in [1.82, 2.24) is 9.80 Å². The van der Waals surface area contributed by atoms with Crippen molar-refractivity contribution in [2.75, 3.05) is 41.6 Å². The second-order valence-electron chi connectivity index (χ2n) is 14.0. The molecule has 0 spiro atoms. The first-order chi connectivity index (χ1) is 21.7. The van der Waals surface area contributed by atoms with Gasteiger partial charge in [0.15, 0.2) is 17.3 Å². The minimum absolute atomic E-state index is 0.0302. The second-order valence-corrected chi connectivity index (χ2v) is 14.0. The maximum Gasteiger partial charge on any atom is 0.228 e. The summed E-state index contributed by atoms with van der Waals surface area (Å²) in [6, 6.07) is 10.8. The van der Waals surface area contributed by atoms with E-state index in [4.69, 9.17) is 15.2 Å². The van der Waals surface area contributed by atoms with E-state index in [9.17, 15) is 29.4 Å². The molecule has 0 bridgehead atoms. The molecule has 11 nitrogen and oxygen atoms in total. The lowest BCUT2D eigenvalue weighted by atomic mass is 9.52. The molecular formula is C35H45N3O8. The summed E-state index contributed by atoms with van der Waals surface area (Å²) < 4.78 is 11.7. The zero-order chi connectivity index (χ0) is 33.7. The molecule has 0 aliphatic heterocycles. The Morgan fingerprint density at radius 3 is 2.39 bits per heavy atom. The van der Waals surface area contributed by atoms with Gasteiger partial charge in [-0.3, -0.25) is 24.1 Å². The quantitative estimate of drug-likeness (QED) is 0.261. The van der Waals surface area contributed by atoms with Crippen molar-refractivity contribution >= 4 is 23.3 Å². The molecule has 0 radical (unpaired) electrons. The number of phenolic OH excluding ortho intramolecular Hbond substituents is 1. The number of rotatable bonds is 10. The number of fused-ring (bicyclic) bond motifs is 3. The summed E-state index contributed by atoms with van der Waals surface area (Å²) in [5.74, 6) is -6.00. The normalized spacial score (nSPS) is 27.8. The van der Waals surface area contributed by atoms with E-state index in [1.807, 2.05) is 25.2 Å². The Kier molecular flexibility index (Phi) is 9.18. The third-order valence-corrected chi connectivity index (χ3v) is 10.4. The van der Waals surface area contributed by atoms with E-state index in [1.54, 1.807) is 19.0 Å². The van der Waals surface area contributed by atoms with Gasteiger partial charge in [-0.1, -0.05) is 44.2 Å². The lowest BCUT2D eigenvalue weighted by Crippen LogP contribution is -2.70. The molecule has 6 atom stereocenters. The highest BCUT2D eigenvalue weighted by molar-refractivity contribution is 6.18. The summed E-state index contributed by atoms with van der Waals surface area (Å²) in [6.07, 6.45) is 0.139. The summed E-state index contributed by atoms with van der Waals surface area (Å²) >= 11 is 0. The fourth-order valence-electron chi connectivity index (χ4n) is 8.52. The van der Waals surface area contributed by atoms with Gasteiger partial charge in [0.2, 0.25) is 5.91 Å². The van der Waals surface area contributed by atoms with Gasteiger partial charge in [0.25, 0.3) is 0 Å². The fraction of sp³-hybridized carbons (Fsp3) is 0.543. The molecule has 2 saturated carbocycles. The number of aliphatic hydroxyl groups excluding tert-OH is 1. The number of methoxy groups -OCH3 is 1. The molecule has 0 saturated heterocycles. The summed E-state index contributed by atoms with van der Waals surface area (Å²) in [7, 11) is 6.87. The number of ketones is 3. The van der Waals surface area contributed by atoms with Gasteiger partial charge in [-0.15, -0.1) is 0 Å². The molecule has 2 aromatic rings. The van der Waals surface area contributed by atoms with Crippen molar-refractivity contribution in [3.63, 3.8) is 0 Å². The average Bonchev–Trinajstić information content (AvgIpc) is 2.97. The van der Waals surface area contributed by atoms with Crippen LogP contribution < -0.4 is 10.5 Å². The third-order valence-electron chi connectivity index (χ3n) is 10.4. The van der Waals surface area contributed by atoms with Crippen LogP contribution in [0.5, 0.6) is 11.5 Å². The molecular weight excluding hydrogens is 590 g/mol. The highest BCUT2D eigenvalue weighted by Crippen LogP contribution is 2.54. The monoisotopic (exact) mass is 635 g/mol. The number of ether oxygens (including phenoxy) is 2. The zero-order valence-corrected chi connectivity index (χ0v) is 27.4. The molecule has 0 aromatic heterocycles. The van der Waals surface area contributed by atoms with Crippen molar-refractivity contribution in [2.45, 2.75) is 56.7 Å². The van der Waals surface area contributed by atoms with E-state index < -0.39 is 65.4 Å². The number of nitrogens with two attached hydrogens (primary N) is 1.